The van der Waals surface area contributed by atoms with Crippen molar-refractivity contribution in [3.8, 4) is 0 Å². The first-order valence-electron chi connectivity index (χ1n) is 0.698. The van der Waals surface area contributed by atoms with Crippen LogP contribution in [0.15, 0.2) is 0 Å². The Labute approximate surface area is 171 Å². The quantitative estimate of drug-likeness (QED) is 0.343. The summed E-state index contributed by atoms with van der Waals surface area (Å²) in [4.78, 5) is 0. The molecule has 0 aliphatic heterocycles. The van der Waals surface area contributed by atoms with Gasteiger partial charge in [0.05, 0.1) is 0 Å². The van der Waals surface area contributed by atoms with Crippen LogP contribution in [0, 0.1) is 0 Å². The molecule has 0 aromatic heterocycles. The maximum absolute atomic E-state index is 8.74. The Balaban J connectivity index is -0.00000000533. The molecule has 0 bridgehead atoms. The van der Waals surface area contributed by atoms with Gasteiger partial charge in [-0.1, -0.05) is 0 Å². The molecule has 0 spiro atoms. The summed E-state index contributed by atoms with van der Waals surface area (Å²) in [6.07, 6.45) is 0. The van der Waals surface area contributed by atoms with Gasteiger partial charge in [0.1, 0.15) is 0 Å². The molecule has 56 valence electrons. The van der Waals surface area contributed by atoms with Crippen molar-refractivity contribution in [3.63, 3.8) is 0 Å². The van der Waals surface area contributed by atoms with Crippen LogP contribution >= 0.6 is 0 Å². The van der Waals surface area contributed by atoms with Crippen LogP contribution in [-0.2, 0) is 10.4 Å². The fraction of sp³-hybridized carbons (Fsp3) is 0. The van der Waals surface area contributed by atoms with Gasteiger partial charge in [-0.3, -0.25) is 9.11 Å². The molecule has 0 fully saturated rings. The Kier molecular flexibility index (Phi) is 98.4. The first kappa shape index (κ1) is 45.3. The summed E-state index contributed by atoms with van der Waals surface area (Å²) < 4.78 is 31.6. The van der Waals surface area contributed by atoms with E-state index in [4.69, 9.17) is 17.5 Å². The monoisotopic (exact) mass is 288 g/mol. The average molecular weight is 290 g/mol. The Morgan fingerprint density at radius 3 is 0.818 bits per heavy atom. The molecule has 0 amide bonds. The van der Waals surface area contributed by atoms with Gasteiger partial charge in [-0.2, -0.15) is 8.42 Å². The van der Waals surface area contributed by atoms with E-state index in [0.717, 1.165) is 0 Å². The summed E-state index contributed by atoms with van der Waals surface area (Å²) in [6, 6.07) is 0. The van der Waals surface area contributed by atoms with Crippen molar-refractivity contribution < 1.29 is 165 Å². The van der Waals surface area contributed by atoms with Gasteiger partial charge in [0.15, 0.2) is 0 Å². The van der Waals surface area contributed by atoms with E-state index in [1.807, 2.05) is 0 Å². The van der Waals surface area contributed by atoms with Gasteiger partial charge in [0.2, 0.25) is 0 Å². The van der Waals surface area contributed by atoms with E-state index in [0.29, 0.717) is 0 Å². The molecule has 0 radical (unpaired) electrons. The minimum absolute atomic E-state index is 0. The summed E-state index contributed by atoms with van der Waals surface area (Å²) in [5.41, 5.74) is 0. The van der Waals surface area contributed by atoms with Crippen molar-refractivity contribution in [2.45, 2.75) is 0 Å². The summed E-state index contributed by atoms with van der Waals surface area (Å²) in [5.74, 6) is 0. The Bertz CT molecular complexity index is 107. The average Bonchev–Trinajstić information content (AvgIpc) is 0.722. The third kappa shape index (κ3) is 115. The van der Waals surface area contributed by atoms with Crippen molar-refractivity contribution in [2.24, 2.45) is 0 Å². The van der Waals surface area contributed by atoms with Gasteiger partial charge in [-0.05, 0) is 0 Å². The van der Waals surface area contributed by atoms with Gasteiger partial charge in [-0.25, -0.2) is 0 Å². The molecule has 0 aliphatic carbocycles. The summed E-state index contributed by atoms with van der Waals surface area (Å²) >= 11 is 0. The van der Waals surface area contributed by atoms with Crippen LogP contribution in [0.3, 0.4) is 0 Å². The zero-order chi connectivity index (χ0) is 4.50. The van der Waals surface area contributed by atoms with Crippen LogP contribution in [0.2, 0.25) is 0 Å². The first-order valence-corrected chi connectivity index (χ1v) is 2.10. The molecular weight excluding hydrogens is 288 g/mol. The second-order valence-electron chi connectivity index (χ2n) is 0.448. The minimum atomic E-state index is -4.67. The van der Waals surface area contributed by atoms with Crippen molar-refractivity contribution in [1.82, 2.24) is 0 Å². The molecule has 0 rings (SSSR count). The predicted molar refractivity (Wildman–Crippen MR) is 14.2 cm³/mol. The normalized spacial score (nSPS) is 5.27. The van der Waals surface area contributed by atoms with Crippen molar-refractivity contribution in [2.75, 3.05) is 0 Å². The van der Waals surface area contributed by atoms with Gasteiger partial charge in [-0.15, -0.1) is 0 Å². The molecule has 0 saturated carbocycles. The van der Waals surface area contributed by atoms with E-state index >= 15 is 0 Å². The largest absolute Gasteiger partial charge is 1.00 e. The molecule has 0 atom stereocenters. The second-order valence-corrected chi connectivity index (χ2v) is 1.34. The molecule has 0 aliphatic rings. The summed E-state index contributed by atoms with van der Waals surface area (Å²) in [7, 11) is -4.67. The second kappa shape index (κ2) is 23.9. The van der Waals surface area contributed by atoms with Gasteiger partial charge in [0, 0.05) is 0 Å². The Morgan fingerprint density at radius 1 is 0.818 bits per heavy atom. The molecule has 11 heavy (non-hydrogen) atoms. The van der Waals surface area contributed by atoms with E-state index < -0.39 is 10.4 Å². The smallest absolute Gasteiger partial charge is 1.00 e. The molecule has 0 heterocycles. The van der Waals surface area contributed by atoms with Crippen molar-refractivity contribution in [3.05, 3.63) is 0 Å². The van der Waals surface area contributed by atoms with Crippen LogP contribution in [0.5, 0.6) is 0 Å². The van der Waals surface area contributed by atoms with Crippen LogP contribution in [-0.4, -0.2) is 17.5 Å². The molecule has 0 saturated heterocycles. The van der Waals surface area contributed by atoms with E-state index in [1.165, 1.54) is 0 Å². The Hall–Kier alpha value is 4.38. The number of halogens is 3. The fourth-order valence-electron chi connectivity index (χ4n) is 0. The van der Waals surface area contributed by atoms with E-state index in [2.05, 4.69) is 0 Å². The molecule has 0 aromatic rings. The third-order valence-electron chi connectivity index (χ3n) is 0. The zero-order valence-corrected chi connectivity index (χ0v) is 16.5. The van der Waals surface area contributed by atoms with Crippen LogP contribution in [0.1, 0.15) is 0 Å². The molecular formula is H2Cl3KNa2O4S. The van der Waals surface area contributed by atoms with Crippen molar-refractivity contribution >= 4 is 10.4 Å². The minimum Gasteiger partial charge on any atom is -1.00 e. The third-order valence-corrected chi connectivity index (χ3v) is 0. The van der Waals surface area contributed by atoms with E-state index in [1.54, 1.807) is 0 Å². The van der Waals surface area contributed by atoms with Crippen LogP contribution in [0.4, 0.5) is 0 Å². The zero-order valence-electron chi connectivity index (χ0n) is 6.25. The van der Waals surface area contributed by atoms with Crippen LogP contribution < -0.4 is 148 Å². The maximum Gasteiger partial charge on any atom is 1.00 e. The SMILES string of the molecule is O=S(=O)(O)O.[Cl-].[Cl-].[Cl-].[K+].[Na+].[Na+]. The van der Waals surface area contributed by atoms with Gasteiger partial charge < -0.3 is 37.2 Å². The van der Waals surface area contributed by atoms with Crippen molar-refractivity contribution in [1.29, 1.82) is 0 Å². The number of rotatable bonds is 0. The predicted octanol–water partition coefficient (Wildman–Crippen LogP) is -18.6. The topological polar surface area (TPSA) is 74.6 Å². The Morgan fingerprint density at radius 2 is 0.818 bits per heavy atom. The molecule has 0 unspecified atom stereocenters. The standard InChI is InChI=1S/3ClH.K.2Na.H2O4S/c;;;;;;1-5(2,3)4/h3*1H;;;;(H2,1,2,3,4)/q;;;3*+1;/p-3. The van der Waals surface area contributed by atoms with Gasteiger partial charge in [0.25, 0.3) is 0 Å². The van der Waals surface area contributed by atoms with E-state index in [-0.39, 0.29) is 148 Å². The molecule has 0 aromatic carbocycles. The van der Waals surface area contributed by atoms with Crippen LogP contribution in [0.25, 0.3) is 0 Å². The number of hydrogen-bond donors (Lipinski definition) is 2. The summed E-state index contributed by atoms with van der Waals surface area (Å²) in [5, 5.41) is 0. The molecule has 11 heteroatoms. The molecule has 2 N–H and O–H groups in total. The summed E-state index contributed by atoms with van der Waals surface area (Å²) in [6.45, 7) is 0. The van der Waals surface area contributed by atoms with E-state index in [9.17, 15) is 0 Å². The maximum atomic E-state index is 8.74. The first-order chi connectivity index (χ1) is 2.00. The molecule has 4 nitrogen and oxygen atoms in total. The van der Waals surface area contributed by atoms with Gasteiger partial charge >= 0.3 is 121 Å². The fourth-order valence-corrected chi connectivity index (χ4v) is 0. The number of hydrogen-bond acceptors (Lipinski definition) is 2.